The molecule has 2 aromatic rings. The lowest BCUT2D eigenvalue weighted by atomic mass is 9.84. The van der Waals surface area contributed by atoms with Gasteiger partial charge in [-0.2, -0.15) is 0 Å². The standard InChI is InChI=1S/C15H15ClN2O/c1-15(2,11-7-4-3-5-8-11)14(19)18-13-12(16)9-6-10-17-13/h3-10H,1-2H3,(H,17,18,19). The Morgan fingerprint density at radius 1 is 1.16 bits per heavy atom. The predicted molar refractivity (Wildman–Crippen MR) is 77.3 cm³/mol. The number of amides is 1. The van der Waals surface area contributed by atoms with E-state index in [9.17, 15) is 4.79 Å². The minimum Gasteiger partial charge on any atom is -0.309 e. The maximum absolute atomic E-state index is 12.4. The van der Waals surface area contributed by atoms with Crippen LogP contribution in [0.3, 0.4) is 0 Å². The minimum absolute atomic E-state index is 0.140. The molecular formula is C15H15ClN2O. The molecule has 98 valence electrons. The molecule has 0 radical (unpaired) electrons. The zero-order valence-electron chi connectivity index (χ0n) is 10.9. The van der Waals surface area contributed by atoms with Crippen molar-refractivity contribution in [3.63, 3.8) is 0 Å². The lowest BCUT2D eigenvalue weighted by Crippen LogP contribution is -2.35. The zero-order valence-corrected chi connectivity index (χ0v) is 11.6. The molecule has 0 bridgehead atoms. The van der Waals surface area contributed by atoms with Gasteiger partial charge in [-0.05, 0) is 31.5 Å². The van der Waals surface area contributed by atoms with Gasteiger partial charge in [0.05, 0.1) is 10.4 Å². The lowest BCUT2D eigenvalue weighted by Gasteiger charge is -2.24. The van der Waals surface area contributed by atoms with Crippen LogP contribution in [0.25, 0.3) is 0 Å². The Balaban J connectivity index is 2.23. The van der Waals surface area contributed by atoms with Gasteiger partial charge in [-0.25, -0.2) is 4.98 Å². The molecule has 1 heterocycles. The number of anilines is 1. The van der Waals surface area contributed by atoms with Crippen LogP contribution in [0.15, 0.2) is 48.7 Å². The van der Waals surface area contributed by atoms with Crippen molar-refractivity contribution >= 4 is 23.3 Å². The van der Waals surface area contributed by atoms with Gasteiger partial charge in [0.25, 0.3) is 0 Å². The molecule has 0 aliphatic rings. The molecule has 0 aliphatic heterocycles. The van der Waals surface area contributed by atoms with Crippen LogP contribution in [-0.2, 0) is 10.2 Å². The number of nitrogens with zero attached hydrogens (tertiary/aromatic N) is 1. The number of hydrogen-bond acceptors (Lipinski definition) is 2. The molecule has 3 nitrogen and oxygen atoms in total. The van der Waals surface area contributed by atoms with Gasteiger partial charge in [-0.1, -0.05) is 41.9 Å². The molecule has 0 unspecified atom stereocenters. The summed E-state index contributed by atoms with van der Waals surface area (Å²) in [5, 5.41) is 3.20. The summed E-state index contributed by atoms with van der Waals surface area (Å²) in [6, 6.07) is 13.0. The average Bonchev–Trinajstić information content (AvgIpc) is 2.42. The van der Waals surface area contributed by atoms with Gasteiger partial charge in [0, 0.05) is 6.20 Å². The number of benzene rings is 1. The van der Waals surface area contributed by atoms with E-state index in [2.05, 4.69) is 10.3 Å². The largest absolute Gasteiger partial charge is 0.309 e. The number of rotatable bonds is 3. The summed E-state index contributed by atoms with van der Waals surface area (Å²) in [5.41, 5.74) is 0.293. The number of aromatic nitrogens is 1. The first kappa shape index (κ1) is 13.6. The van der Waals surface area contributed by atoms with E-state index >= 15 is 0 Å². The van der Waals surface area contributed by atoms with Gasteiger partial charge in [0.2, 0.25) is 5.91 Å². The topological polar surface area (TPSA) is 42.0 Å². The Kier molecular flexibility index (Phi) is 3.86. The van der Waals surface area contributed by atoms with Crippen molar-refractivity contribution in [1.82, 2.24) is 4.98 Å². The summed E-state index contributed by atoms with van der Waals surface area (Å²) in [6.07, 6.45) is 1.59. The molecule has 0 aliphatic carbocycles. The summed E-state index contributed by atoms with van der Waals surface area (Å²) in [5.74, 6) is 0.248. The highest BCUT2D eigenvalue weighted by Gasteiger charge is 2.30. The van der Waals surface area contributed by atoms with E-state index in [1.54, 1.807) is 18.3 Å². The number of hydrogen-bond donors (Lipinski definition) is 1. The number of halogens is 1. The van der Waals surface area contributed by atoms with Crippen molar-refractivity contribution in [2.24, 2.45) is 0 Å². The highest BCUT2D eigenvalue weighted by Crippen LogP contribution is 2.26. The van der Waals surface area contributed by atoms with E-state index in [0.29, 0.717) is 10.8 Å². The summed E-state index contributed by atoms with van der Waals surface area (Å²) in [7, 11) is 0. The van der Waals surface area contributed by atoms with E-state index in [4.69, 9.17) is 11.6 Å². The fraction of sp³-hybridized carbons (Fsp3) is 0.200. The van der Waals surface area contributed by atoms with Gasteiger partial charge in [0.15, 0.2) is 5.82 Å². The zero-order chi connectivity index (χ0) is 13.9. The van der Waals surface area contributed by atoms with Crippen molar-refractivity contribution in [3.05, 3.63) is 59.2 Å². The van der Waals surface area contributed by atoms with Crippen LogP contribution in [0.1, 0.15) is 19.4 Å². The molecule has 2 rings (SSSR count). The van der Waals surface area contributed by atoms with Crippen molar-refractivity contribution in [1.29, 1.82) is 0 Å². The van der Waals surface area contributed by atoms with Crippen LogP contribution in [-0.4, -0.2) is 10.9 Å². The van der Waals surface area contributed by atoms with Crippen molar-refractivity contribution in [2.45, 2.75) is 19.3 Å². The second kappa shape index (κ2) is 5.41. The molecule has 1 aromatic carbocycles. The van der Waals surface area contributed by atoms with Crippen LogP contribution >= 0.6 is 11.6 Å². The molecular weight excluding hydrogens is 260 g/mol. The first-order valence-electron chi connectivity index (χ1n) is 5.99. The average molecular weight is 275 g/mol. The number of carbonyl (C=O) groups is 1. The second-order valence-electron chi connectivity index (χ2n) is 4.78. The van der Waals surface area contributed by atoms with E-state index in [-0.39, 0.29) is 5.91 Å². The third-order valence-electron chi connectivity index (χ3n) is 3.05. The van der Waals surface area contributed by atoms with Gasteiger partial charge >= 0.3 is 0 Å². The van der Waals surface area contributed by atoms with E-state index in [1.165, 1.54) is 0 Å². The molecule has 0 atom stereocenters. The summed E-state index contributed by atoms with van der Waals surface area (Å²) < 4.78 is 0. The molecule has 0 saturated heterocycles. The normalized spacial score (nSPS) is 11.1. The SMILES string of the molecule is CC(C)(C(=O)Nc1ncccc1Cl)c1ccccc1. The molecule has 4 heteroatoms. The summed E-state index contributed by atoms with van der Waals surface area (Å²) in [4.78, 5) is 16.4. The number of nitrogens with one attached hydrogen (secondary N) is 1. The Hall–Kier alpha value is -1.87. The van der Waals surface area contributed by atoms with Gasteiger partial charge in [-0.3, -0.25) is 4.79 Å². The van der Waals surface area contributed by atoms with Crippen LogP contribution < -0.4 is 5.32 Å². The lowest BCUT2D eigenvalue weighted by molar-refractivity contribution is -0.120. The van der Waals surface area contributed by atoms with Crippen LogP contribution in [0.5, 0.6) is 0 Å². The van der Waals surface area contributed by atoms with Crippen molar-refractivity contribution in [3.8, 4) is 0 Å². The monoisotopic (exact) mass is 274 g/mol. The molecule has 1 amide bonds. The van der Waals surface area contributed by atoms with Crippen molar-refractivity contribution in [2.75, 3.05) is 5.32 Å². The minimum atomic E-state index is -0.651. The third kappa shape index (κ3) is 2.93. The third-order valence-corrected chi connectivity index (χ3v) is 3.36. The first-order valence-corrected chi connectivity index (χ1v) is 6.37. The number of pyridine rings is 1. The molecule has 1 aromatic heterocycles. The van der Waals surface area contributed by atoms with Crippen LogP contribution in [0.4, 0.5) is 5.82 Å². The smallest absolute Gasteiger partial charge is 0.235 e. The second-order valence-corrected chi connectivity index (χ2v) is 5.19. The van der Waals surface area contributed by atoms with E-state index < -0.39 is 5.41 Å². The van der Waals surface area contributed by atoms with Crippen molar-refractivity contribution < 1.29 is 4.79 Å². The first-order chi connectivity index (χ1) is 9.01. The molecule has 0 saturated carbocycles. The molecule has 19 heavy (non-hydrogen) atoms. The Bertz CT molecular complexity index is 582. The maximum atomic E-state index is 12.4. The Labute approximate surface area is 117 Å². The Morgan fingerprint density at radius 3 is 2.47 bits per heavy atom. The van der Waals surface area contributed by atoms with Gasteiger partial charge in [0.1, 0.15) is 0 Å². The fourth-order valence-corrected chi connectivity index (χ4v) is 1.90. The van der Waals surface area contributed by atoms with Crippen LogP contribution in [0.2, 0.25) is 5.02 Å². The Morgan fingerprint density at radius 2 is 1.84 bits per heavy atom. The maximum Gasteiger partial charge on any atom is 0.235 e. The highest BCUT2D eigenvalue weighted by atomic mass is 35.5. The molecule has 0 spiro atoms. The highest BCUT2D eigenvalue weighted by molar-refractivity contribution is 6.33. The predicted octanol–water partition coefficient (Wildman–Crippen LogP) is 3.65. The van der Waals surface area contributed by atoms with Crippen LogP contribution in [0, 0.1) is 0 Å². The van der Waals surface area contributed by atoms with E-state index in [1.807, 2.05) is 44.2 Å². The summed E-state index contributed by atoms with van der Waals surface area (Å²) >= 11 is 5.99. The van der Waals surface area contributed by atoms with E-state index in [0.717, 1.165) is 5.56 Å². The van der Waals surface area contributed by atoms with Gasteiger partial charge in [-0.15, -0.1) is 0 Å². The quantitative estimate of drug-likeness (QED) is 0.928. The van der Waals surface area contributed by atoms with Gasteiger partial charge < -0.3 is 5.32 Å². The fourth-order valence-electron chi connectivity index (χ4n) is 1.73. The summed E-state index contributed by atoms with van der Waals surface area (Å²) in [6.45, 7) is 3.74. The number of carbonyl (C=O) groups excluding carboxylic acids is 1. The molecule has 1 N–H and O–H groups in total. The molecule has 0 fully saturated rings.